The lowest BCUT2D eigenvalue weighted by molar-refractivity contribution is -0.122. The number of rotatable bonds is 4. The third-order valence-electron chi connectivity index (χ3n) is 3.59. The minimum absolute atomic E-state index is 0.0213. The Morgan fingerprint density at radius 2 is 1.75 bits per heavy atom. The van der Waals surface area contributed by atoms with Gasteiger partial charge in [-0.25, -0.2) is 0 Å². The fourth-order valence-corrected chi connectivity index (χ4v) is 3.05. The maximum atomic E-state index is 12.1. The Bertz CT molecular complexity index is 453. The topological polar surface area (TPSA) is 41.1 Å². The van der Waals surface area contributed by atoms with E-state index in [1.165, 1.54) is 19.3 Å². The van der Waals surface area contributed by atoms with E-state index in [9.17, 15) is 4.79 Å². The van der Waals surface area contributed by atoms with Gasteiger partial charge in [-0.2, -0.15) is 0 Å². The van der Waals surface area contributed by atoms with Crippen LogP contribution in [0, 0.1) is 0 Å². The average molecular weight is 315 g/mol. The van der Waals surface area contributed by atoms with E-state index in [-0.39, 0.29) is 11.9 Å². The van der Waals surface area contributed by atoms with E-state index in [1.54, 1.807) is 18.2 Å². The highest BCUT2D eigenvalue weighted by atomic mass is 35.5. The molecule has 20 heavy (non-hydrogen) atoms. The lowest BCUT2D eigenvalue weighted by Gasteiger charge is -2.25. The van der Waals surface area contributed by atoms with E-state index in [1.807, 2.05) is 6.92 Å². The second-order valence-corrected chi connectivity index (χ2v) is 6.24. The molecule has 0 aromatic heterocycles. The van der Waals surface area contributed by atoms with Crippen LogP contribution in [-0.4, -0.2) is 18.0 Å². The SMILES string of the molecule is CC(Nc1cc(Cl)cc(Cl)c1)C(=O)NC1CCCCC1. The van der Waals surface area contributed by atoms with Crippen LogP contribution in [0.25, 0.3) is 0 Å². The van der Waals surface area contributed by atoms with Crippen LogP contribution in [0.4, 0.5) is 5.69 Å². The van der Waals surface area contributed by atoms with Gasteiger partial charge in [-0.15, -0.1) is 0 Å². The number of anilines is 1. The van der Waals surface area contributed by atoms with Gasteiger partial charge >= 0.3 is 0 Å². The van der Waals surface area contributed by atoms with Crippen molar-refractivity contribution in [1.29, 1.82) is 0 Å². The summed E-state index contributed by atoms with van der Waals surface area (Å²) in [5, 5.41) is 7.34. The summed E-state index contributed by atoms with van der Waals surface area (Å²) in [5.41, 5.74) is 0.758. The number of hydrogen-bond donors (Lipinski definition) is 2. The van der Waals surface area contributed by atoms with E-state index in [0.29, 0.717) is 16.1 Å². The molecule has 3 nitrogen and oxygen atoms in total. The van der Waals surface area contributed by atoms with Crippen LogP contribution >= 0.6 is 23.2 Å². The number of halogens is 2. The molecule has 1 atom stereocenters. The standard InChI is InChI=1S/C15H20Cl2N2O/c1-10(15(20)19-13-5-3-2-4-6-13)18-14-8-11(16)7-12(17)9-14/h7-10,13,18H,2-6H2,1H3,(H,19,20). The van der Waals surface area contributed by atoms with Gasteiger partial charge in [-0.05, 0) is 38.0 Å². The Kier molecular flexibility index (Phi) is 5.55. The molecule has 0 heterocycles. The predicted octanol–water partition coefficient (Wildman–Crippen LogP) is 4.24. The Hall–Kier alpha value is -0.930. The number of benzene rings is 1. The molecule has 1 aliphatic rings. The first-order valence-corrected chi connectivity index (χ1v) is 7.83. The fourth-order valence-electron chi connectivity index (χ4n) is 2.53. The summed E-state index contributed by atoms with van der Waals surface area (Å²) in [6.07, 6.45) is 5.86. The summed E-state index contributed by atoms with van der Waals surface area (Å²) < 4.78 is 0. The largest absolute Gasteiger partial charge is 0.374 e. The van der Waals surface area contributed by atoms with Crippen molar-refractivity contribution in [2.24, 2.45) is 0 Å². The van der Waals surface area contributed by atoms with Crippen LogP contribution in [-0.2, 0) is 4.79 Å². The Balaban J connectivity index is 1.89. The maximum absolute atomic E-state index is 12.1. The number of amides is 1. The smallest absolute Gasteiger partial charge is 0.242 e. The summed E-state index contributed by atoms with van der Waals surface area (Å²) in [4.78, 5) is 12.1. The highest BCUT2D eigenvalue weighted by molar-refractivity contribution is 6.35. The summed E-state index contributed by atoms with van der Waals surface area (Å²) >= 11 is 11.9. The molecular weight excluding hydrogens is 295 g/mol. The van der Waals surface area contributed by atoms with Gasteiger partial charge < -0.3 is 10.6 Å². The molecule has 5 heteroatoms. The number of hydrogen-bond acceptors (Lipinski definition) is 2. The minimum atomic E-state index is -0.313. The van der Waals surface area contributed by atoms with Crippen molar-refractivity contribution in [3.63, 3.8) is 0 Å². The van der Waals surface area contributed by atoms with Crippen LogP contribution in [0.15, 0.2) is 18.2 Å². The van der Waals surface area contributed by atoms with Crippen molar-refractivity contribution in [2.45, 2.75) is 51.1 Å². The lowest BCUT2D eigenvalue weighted by Crippen LogP contribution is -2.44. The minimum Gasteiger partial charge on any atom is -0.374 e. The molecule has 0 saturated heterocycles. The molecule has 1 aliphatic carbocycles. The first-order chi connectivity index (χ1) is 9.54. The second kappa shape index (κ2) is 7.19. The summed E-state index contributed by atoms with van der Waals surface area (Å²) in [6, 6.07) is 5.20. The molecule has 110 valence electrons. The van der Waals surface area contributed by atoms with E-state index < -0.39 is 0 Å². The zero-order chi connectivity index (χ0) is 14.5. The zero-order valence-corrected chi connectivity index (χ0v) is 13.1. The molecule has 0 spiro atoms. The van der Waals surface area contributed by atoms with Gasteiger partial charge in [0, 0.05) is 21.8 Å². The molecule has 2 N–H and O–H groups in total. The van der Waals surface area contributed by atoms with E-state index in [4.69, 9.17) is 23.2 Å². The Labute approximate surface area is 130 Å². The molecule has 1 unspecified atom stereocenters. The van der Waals surface area contributed by atoms with E-state index in [2.05, 4.69) is 10.6 Å². The average Bonchev–Trinajstić information content (AvgIpc) is 2.38. The van der Waals surface area contributed by atoms with Gasteiger partial charge in [0.1, 0.15) is 6.04 Å². The quantitative estimate of drug-likeness (QED) is 0.872. The molecule has 0 aliphatic heterocycles. The number of carbonyl (C=O) groups excluding carboxylic acids is 1. The second-order valence-electron chi connectivity index (χ2n) is 5.37. The summed E-state index contributed by atoms with van der Waals surface area (Å²) in [6.45, 7) is 1.84. The molecule has 2 rings (SSSR count). The third kappa shape index (κ3) is 4.57. The van der Waals surface area contributed by atoms with E-state index in [0.717, 1.165) is 18.5 Å². The first kappa shape index (κ1) is 15.5. The predicted molar refractivity (Wildman–Crippen MR) is 84.6 cm³/mol. The number of carbonyl (C=O) groups is 1. The van der Waals surface area contributed by atoms with Crippen molar-refractivity contribution in [3.05, 3.63) is 28.2 Å². The molecule has 1 saturated carbocycles. The monoisotopic (exact) mass is 314 g/mol. The van der Waals surface area contributed by atoms with E-state index >= 15 is 0 Å². The van der Waals surface area contributed by atoms with Gasteiger partial charge in [-0.1, -0.05) is 42.5 Å². The Morgan fingerprint density at radius 1 is 1.15 bits per heavy atom. The normalized spacial score (nSPS) is 17.6. The van der Waals surface area contributed by atoms with Gasteiger partial charge in [0.2, 0.25) is 5.91 Å². The van der Waals surface area contributed by atoms with Crippen LogP contribution in [0.3, 0.4) is 0 Å². The highest BCUT2D eigenvalue weighted by Gasteiger charge is 2.19. The van der Waals surface area contributed by atoms with Crippen molar-refractivity contribution in [3.8, 4) is 0 Å². The molecule has 1 amide bonds. The van der Waals surface area contributed by atoms with Crippen LogP contribution in [0.2, 0.25) is 10.0 Å². The molecule has 1 aromatic rings. The van der Waals surface area contributed by atoms with Gasteiger partial charge in [0.15, 0.2) is 0 Å². The van der Waals surface area contributed by atoms with Crippen molar-refractivity contribution >= 4 is 34.8 Å². The molecule has 0 bridgehead atoms. The molecular formula is C15H20Cl2N2O. The fraction of sp³-hybridized carbons (Fsp3) is 0.533. The van der Waals surface area contributed by atoms with Crippen molar-refractivity contribution in [1.82, 2.24) is 5.32 Å². The van der Waals surface area contributed by atoms with Gasteiger partial charge in [0.25, 0.3) is 0 Å². The third-order valence-corrected chi connectivity index (χ3v) is 4.03. The summed E-state index contributed by atoms with van der Waals surface area (Å²) in [5.74, 6) is 0.0213. The maximum Gasteiger partial charge on any atom is 0.242 e. The zero-order valence-electron chi connectivity index (χ0n) is 11.6. The van der Waals surface area contributed by atoms with Crippen molar-refractivity contribution in [2.75, 3.05) is 5.32 Å². The van der Waals surface area contributed by atoms with Crippen molar-refractivity contribution < 1.29 is 4.79 Å². The first-order valence-electron chi connectivity index (χ1n) is 7.07. The lowest BCUT2D eigenvalue weighted by atomic mass is 9.95. The summed E-state index contributed by atoms with van der Waals surface area (Å²) in [7, 11) is 0. The van der Waals surface area contributed by atoms with Crippen LogP contribution in [0.1, 0.15) is 39.0 Å². The Morgan fingerprint density at radius 3 is 2.35 bits per heavy atom. The van der Waals surface area contributed by atoms with Gasteiger partial charge in [-0.3, -0.25) is 4.79 Å². The molecule has 1 fully saturated rings. The molecule has 1 aromatic carbocycles. The highest BCUT2D eigenvalue weighted by Crippen LogP contribution is 2.23. The van der Waals surface area contributed by atoms with Crippen LogP contribution < -0.4 is 10.6 Å². The number of nitrogens with one attached hydrogen (secondary N) is 2. The van der Waals surface area contributed by atoms with Crippen LogP contribution in [0.5, 0.6) is 0 Å². The molecule has 0 radical (unpaired) electrons. The van der Waals surface area contributed by atoms with Gasteiger partial charge in [0.05, 0.1) is 0 Å².